The van der Waals surface area contributed by atoms with Crippen LogP contribution in [0.15, 0.2) is 12.1 Å². The summed E-state index contributed by atoms with van der Waals surface area (Å²) in [5, 5.41) is 13.6. The molecule has 1 aromatic rings. The van der Waals surface area contributed by atoms with Gasteiger partial charge in [0.2, 0.25) is 0 Å². The standard InChI is InChI=1S/C10H14N4O2/c1-11-9-5-8(14(15)16)6-10(12-9)13(2)7-3-4-7/h5-7H,3-4H2,1-2H3,(H,11,12). The van der Waals surface area contributed by atoms with E-state index in [0.717, 1.165) is 12.8 Å². The first-order valence-electron chi connectivity index (χ1n) is 5.19. The molecule has 1 fully saturated rings. The molecule has 1 aliphatic carbocycles. The summed E-state index contributed by atoms with van der Waals surface area (Å²) >= 11 is 0. The second-order valence-electron chi connectivity index (χ2n) is 3.92. The van der Waals surface area contributed by atoms with E-state index < -0.39 is 4.92 Å². The van der Waals surface area contributed by atoms with E-state index in [-0.39, 0.29) is 5.69 Å². The van der Waals surface area contributed by atoms with E-state index in [1.807, 2.05) is 11.9 Å². The van der Waals surface area contributed by atoms with Gasteiger partial charge in [-0.05, 0) is 12.8 Å². The number of pyridine rings is 1. The van der Waals surface area contributed by atoms with Gasteiger partial charge in [-0.15, -0.1) is 0 Å². The van der Waals surface area contributed by atoms with Gasteiger partial charge in [0.05, 0.1) is 17.1 Å². The molecule has 0 aliphatic heterocycles. The minimum atomic E-state index is -0.396. The van der Waals surface area contributed by atoms with E-state index in [2.05, 4.69) is 10.3 Å². The van der Waals surface area contributed by atoms with Crippen molar-refractivity contribution in [1.29, 1.82) is 0 Å². The lowest BCUT2D eigenvalue weighted by Crippen LogP contribution is -2.21. The predicted octanol–water partition coefficient (Wildman–Crippen LogP) is 1.63. The first-order valence-corrected chi connectivity index (χ1v) is 5.19. The zero-order valence-corrected chi connectivity index (χ0v) is 9.30. The molecule has 1 aromatic heterocycles. The maximum atomic E-state index is 10.8. The van der Waals surface area contributed by atoms with Gasteiger partial charge < -0.3 is 10.2 Å². The lowest BCUT2D eigenvalue weighted by atomic mass is 10.3. The van der Waals surface area contributed by atoms with Crippen molar-refractivity contribution in [2.45, 2.75) is 18.9 Å². The van der Waals surface area contributed by atoms with Crippen LogP contribution in [-0.2, 0) is 0 Å². The number of hydrogen-bond donors (Lipinski definition) is 1. The first-order chi connectivity index (χ1) is 7.61. The van der Waals surface area contributed by atoms with Gasteiger partial charge in [-0.25, -0.2) is 4.98 Å². The maximum absolute atomic E-state index is 10.8. The molecule has 0 bridgehead atoms. The van der Waals surface area contributed by atoms with Crippen LogP contribution in [0, 0.1) is 10.1 Å². The maximum Gasteiger partial charge on any atom is 0.276 e. The summed E-state index contributed by atoms with van der Waals surface area (Å²) in [7, 11) is 3.62. The van der Waals surface area contributed by atoms with Gasteiger partial charge >= 0.3 is 0 Å². The van der Waals surface area contributed by atoms with Crippen molar-refractivity contribution in [2.75, 3.05) is 24.3 Å². The second kappa shape index (κ2) is 3.96. The summed E-state index contributed by atoms with van der Waals surface area (Å²) in [6, 6.07) is 3.43. The Labute approximate surface area is 93.4 Å². The van der Waals surface area contributed by atoms with Crippen LogP contribution in [0.2, 0.25) is 0 Å². The Hall–Kier alpha value is -1.85. The van der Waals surface area contributed by atoms with Crippen molar-refractivity contribution in [1.82, 2.24) is 4.98 Å². The first kappa shape index (κ1) is 10.7. The van der Waals surface area contributed by atoms with E-state index in [1.54, 1.807) is 7.05 Å². The van der Waals surface area contributed by atoms with Gasteiger partial charge in [0.1, 0.15) is 11.6 Å². The summed E-state index contributed by atoms with van der Waals surface area (Å²) in [6.07, 6.45) is 2.27. The zero-order valence-electron chi connectivity index (χ0n) is 9.30. The Bertz CT molecular complexity index is 417. The monoisotopic (exact) mass is 222 g/mol. The summed E-state index contributed by atoms with van der Waals surface area (Å²) in [5.41, 5.74) is 0.0712. The average molecular weight is 222 g/mol. The molecular formula is C10H14N4O2. The molecule has 0 atom stereocenters. The van der Waals surface area contributed by atoms with Gasteiger partial charge in [0, 0.05) is 20.1 Å². The van der Waals surface area contributed by atoms with Gasteiger partial charge in [0.25, 0.3) is 5.69 Å². The minimum absolute atomic E-state index is 0.0712. The molecule has 0 aromatic carbocycles. The lowest BCUT2D eigenvalue weighted by Gasteiger charge is -2.17. The van der Waals surface area contributed by atoms with Crippen LogP contribution in [0.1, 0.15) is 12.8 Å². The highest BCUT2D eigenvalue weighted by Crippen LogP contribution is 2.31. The van der Waals surface area contributed by atoms with Gasteiger partial charge in [0.15, 0.2) is 0 Å². The molecule has 86 valence electrons. The highest BCUT2D eigenvalue weighted by molar-refractivity contribution is 5.56. The lowest BCUT2D eigenvalue weighted by molar-refractivity contribution is -0.384. The Balaban J connectivity index is 2.35. The quantitative estimate of drug-likeness (QED) is 0.619. The van der Waals surface area contributed by atoms with Gasteiger partial charge in [-0.1, -0.05) is 0 Å². The van der Waals surface area contributed by atoms with E-state index in [9.17, 15) is 10.1 Å². The Morgan fingerprint density at radius 2 is 2.25 bits per heavy atom. The van der Waals surface area contributed by atoms with Crippen LogP contribution >= 0.6 is 0 Å². The molecule has 0 radical (unpaired) electrons. The third-order valence-corrected chi connectivity index (χ3v) is 2.72. The number of aromatic nitrogens is 1. The minimum Gasteiger partial charge on any atom is -0.373 e. The number of hydrogen-bond acceptors (Lipinski definition) is 5. The van der Waals surface area contributed by atoms with Crippen LogP contribution in [0.5, 0.6) is 0 Å². The van der Waals surface area contributed by atoms with Crippen molar-refractivity contribution in [3.8, 4) is 0 Å². The number of nitrogens with one attached hydrogen (secondary N) is 1. The van der Waals surface area contributed by atoms with E-state index in [0.29, 0.717) is 17.7 Å². The molecule has 2 rings (SSSR count). The normalized spacial score (nSPS) is 14.6. The molecule has 1 heterocycles. The van der Waals surface area contributed by atoms with Crippen LogP contribution < -0.4 is 10.2 Å². The largest absolute Gasteiger partial charge is 0.373 e. The van der Waals surface area contributed by atoms with E-state index >= 15 is 0 Å². The number of anilines is 2. The molecule has 6 heteroatoms. The second-order valence-corrected chi connectivity index (χ2v) is 3.92. The fourth-order valence-electron chi connectivity index (χ4n) is 1.57. The fraction of sp³-hybridized carbons (Fsp3) is 0.500. The van der Waals surface area contributed by atoms with Crippen LogP contribution in [0.25, 0.3) is 0 Å². The predicted molar refractivity (Wildman–Crippen MR) is 61.9 cm³/mol. The van der Waals surface area contributed by atoms with Gasteiger partial charge in [-0.3, -0.25) is 10.1 Å². The number of nitro groups is 1. The van der Waals surface area contributed by atoms with Crippen molar-refractivity contribution < 1.29 is 4.92 Å². The van der Waals surface area contributed by atoms with E-state index in [4.69, 9.17) is 0 Å². The number of rotatable bonds is 4. The topological polar surface area (TPSA) is 71.3 Å². The molecule has 1 N–H and O–H groups in total. The third kappa shape index (κ3) is 2.05. The fourth-order valence-corrected chi connectivity index (χ4v) is 1.57. The van der Waals surface area contributed by atoms with E-state index in [1.165, 1.54) is 12.1 Å². The summed E-state index contributed by atoms with van der Waals surface area (Å²) < 4.78 is 0. The highest BCUT2D eigenvalue weighted by Gasteiger charge is 2.28. The van der Waals surface area contributed by atoms with Crippen molar-refractivity contribution >= 4 is 17.3 Å². The summed E-state index contributed by atoms with van der Waals surface area (Å²) in [6.45, 7) is 0. The third-order valence-electron chi connectivity index (χ3n) is 2.72. The Kier molecular flexibility index (Phi) is 2.64. The molecule has 6 nitrogen and oxygen atoms in total. The molecule has 16 heavy (non-hydrogen) atoms. The van der Waals surface area contributed by atoms with Crippen molar-refractivity contribution in [3.63, 3.8) is 0 Å². The SMILES string of the molecule is CNc1cc([N+](=O)[O-])cc(N(C)C2CC2)n1. The summed E-state index contributed by atoms with van der Waals surface area (Å²) in [5.74, 6) is 1.18. The smallest absolute Gasteiger partial charge is 0.276 e. The molecular weight excluding hydrogens is 208 g/mol. The Morgan fingerprint density at radius 3 is 2.75 bits per heavy atom. The molecule has 0 unspecified atom stereocenters. The Morgan fingerprint density at radius 1 is 1.56 bits per heavy atom. The zero-order chi connectivity index (χ0) is 11.7. The summed E-state index contributed by atoms with van der Waals surface area (Å²) in [4.78, 5) is 16.7. The molecule has 0 amide bonds. The highest BCUT2D eigenvalue weighted by atomic mass is 16.6. The number of nitrogens with zero attached hydrogens (tertiary/aromatic N) is 3. The van der Waals surface area contributed by atoms with Crippen LogP contribution in [0.4, 0.5) is 17.3 Å². The average Bonchev–Trinajstić information content (AvgIpc) is 3.11. The molecule has 1 aliphatic rings. The molecule has 1 saturated carbocycles. The van der Waals surface area contributed by atoms with Crippen LogP contribution in [0.3, 0.4) is 0 Å². The van der Waals surface area contributed by atoms with Crippen molar-refractivity contribution in [3.05, 3.63) is 22.2 Å². The van der Waals surface area contributed by atoms with Crippen molar-refractivity contribution in [2.24, 2.45) is 0 Å². The molecule has 0 spiro atoms. The van der Waals surface area contributed by atoms with Crippen LogP contribution in [-0.4, -0.2) is 30.0 Å². The molecule has 0 saturated heterocycles. The van der Waals surface area contributed by atoms with Gasteiger partial charge in [-0.2, -0.15) is 0 Å².